The highest BCUT2D eigenvalue weighted by atomic mass is 14.7. The van der Waals surface area contributed by atoms with Gasteiger partial charge in [0.05, 0.1) is 11.7 Å². The molecule has 2 aromatic heterocycles. The number of nitrogens with one attached hydrogen (secondary N) is 1. The van der Waals surface area contributed by atoms with Gasteiger partial charge < -0.3 is 4.98 Å². The maximum absolute atomic E-state index is 4.15. The van der Waals surface area contributed by atoms with Crippen LogP contribution in [0.3, 0.4) is 0 Å². The Morgan fingerprint density at radius 3 is 2.41 bits per heavy atom. The summed E-state index contributed by atoms with van der Waals surface area (Å²) >= 11 is 0. The topological polar surface area (TPSA) is 28.7 Å². The summed E-state index contributed by atoms with van der Waals surface area (Å²) in [6.07, 6.45) is 6.73. The first-order valence-electron chi connectivity index (χ1n) is 7.44. The Hall–Kier alpha value is -2.87. The monoisotopic (exact) mass is 284 g/mol. The minimum Gasteiger partial charge on any atom is -0.360 e. The van der Waals surface area contributed by atoms with Crippen LogP contribution >= 0.6 is 0 Å². The second-order valence-electron chi connectivity index (χ2n) is 5.47. The number of rotatable bonds is 3. The summed E-state index contributed by atoms with van der Waals surface area (Å²) in [6, 6.07) is 21.4. The van der Waals surface area contributed by atoms with Gasteiger partial charge in [-0.2, -0.15) is 0 Å². The lowest BCUT2D eigenvalue weighted by Gasteiger charge is -2.04. The molecule has 0 bridgehead atoms. The third-order valence-electron chi connectivity index (χ3n) is 4.02. The smallest absolute Gasteiger partial charge is 0.0643 e. The molecule has 2 nitrogen and oxygen atoms in total. The van der Waals surface area contributed by atoms with Crippen molar-refractivity contribution in [2.45, 2.75) is 6.42 Å². The predicted octanol–water partition coefficient (Wildman–Crippen LogP) is 4.82. The molecule has 0 radical (unpaired) electrons. The minimum atomic E-state index is 0.930. The van der Waals surface area contributed by atoms with Gasteiger partial charge in [-0.25, -0.2) is 0 Å². The van der Waals surface area contributed by atoms with Crippen LogP contribution in [0.1, 0.15) is 11.1 Å². The fraction of sp³-hybridized carbons (Fsp3) is 0.0500. The summed E-state index contributed by atoms with van der Waals surface area (Å²) in [5.41, 5.74) is 6.24. The maximum atomic E-state index is 4.15. The fourth-order valence-electron chi connectivity index (χ4n) is 2.84. The molecule has 4 aromatic rings. The van der Waals surface area contributed by atoms with E-state index in [4.69, 9.17) is 0 Å². The van der Waals surface area contributed by atoms with Crippen LogP contribution in [0.5, 0.6) is 0 Å². The number of aromatic nitrogens is 2. The molecule has 2 heterocycles. The van der Waals surface area contributed by atoms with Crippen molar-refractivity contribution in [3.8, 4) is 11.1 Å². The van der Waals surface area contributed by atoms with E-state index in [-0.39, 0.29) is 0 Å². The number of hydrogen-bond donors (Lipinski definition) is 1. The second-order valence-corrected chi connectivity index (χ2v) is 5.47. The zero-order chi connectivity index (χ0) is 14.8. The van der Waals surface area contributed by atoms with Crippen LogP contribution in [-0.4, -0.2) is 9.97 Å². The first-order chi connectivity index (χ1) is 10.9. The van der Waals surface area contributed by atoms with E-state index in [9.17, 15) is 0 Å². The molecule has 0 amide bonds. The molecule has 0 fully saturated rings. The van der Waals surface area contributed by atoms with E-state index in [0.29, 0.717) is 0 Å². The van der Waals surface area contributed by atoms with Crippen LogP contribution in [0.15, 0.2) is 79.3 Å². The van der Waals surface area contributed by atoms with Gasteiger partial charge in [0.15, 0.2) is 0 Å². The summed E-state index contributed by atoms with van der Waals surface area (Å²) < 4.78 is 0. The number of nitrogens with zero attached hydrogens (tertiary/aromatic N) is 1. The fourth-order valence-corrected chi connectivity index (χ4v) is 2.84. The zero-order valence-electron chi connectivity index (χ0n) is 12.2. The molecular formula is C20H16N2. The van der Waals surface area contributed by atoms with E-state index in [1.807, 2.05) is 18.5 Å². The predicted molar refractivity (Wildman–Crippen MR) is 90.8 cm³/mol. The number of fused-ring (bicyclic) bond motifs is 1. The van der Waals surface area contributed by atoms with Crippen LogP contribution in [0.2, 0.25) is 0 Å². The van der Waals surface area contributed by atoms with Crippen molar-refractivity contribution in [3.05, 3.63) is 90.4 Å². The standard InChI is InChI=1S/C20H16N2/c1-2-4-16(5-3-1)17-8-6-15(7-9-17)12-18-13-22-20-14-21-11-10-19(18)20/h1-11,13-14,22H,12H2. The molecule has 0 unspecified atom stereocenters. The largest absolute Gasteiger partial charge is 0.360 e. The van der Waals surface area contributed by atoms with Gasteiger partial charge in [-0.05, 0) is 34.7 Å². The lowest BCUT2D eigenvalue weighted by atomic mass is 10.0. The van der Waals surface area contributed by atoms with Crippen LogP contribution in [-0.2, 0) is 6.42 Å². The Morgan fingerprint density at radius 1 is 0.818 bits per heavy atom. The van der Waals surface area contributed by atoms with Gasteiger partial charge in [0.2, 0.25) is 0 Å². The van der Waals surface area contributed by atoms with E-state index >= 15 is 0 Å². The molecule has 2 heteroatoms. The SMILES string of the molecule is c1ccc(-c2ccc(Cc3c[nH]c4cnccc34)cc2)cc1. The molecule has 0 atom stereocenters. The highest BCUT2D eigenvalue weighted by Gasteiger charge is 2.04. The molecule has 0 aliphatic rings. The minimum absolute atomic E-state index is 0.930. The average Bonchev–Trinajstić information content (AvgIpc) is 3.00. The Balaban J connectivity index is 1.61. The third-order valence-corrected chi connectivity index (χ3v) is 4.02. The second kappa shape index (κ2) is 5.49. The van der Waals surface area contributed by atoms with Crippen molar-refractivity contribution in [1.29, 1.82) is 0 Å². The average molecular weight is 284 g/mol. The van der Waals surface area contributed by atoms with Crippen LogP contribution < -0.4 is 0 Å². The van der Waals surface area contributed by atoms with Gasteiger partial charge in [0, 0.05) is 17.8 Å². The molecule has 1 N–H and O–H groups in total. The van der Waals surface area contributed by atoms with E-state index in [1.54, 1.807) is 0 Å². The van der Waals surface area contributed by atoms with Crippen molar-refractivity contribution in [3.63, 3.8) is 0 Å². The Labute approximate surface area is 129 Å². The molecule has 22 heavy (non-hydrogen) atoms. The number of H-pyrrole nitrogens is 1. The molecule has 106 valence electrons. The maximum Gasteiger partial charge on any atom is 0.0643 e. The first kappa shape index (κ1) is 12.8. The van der Waals surface area contributed by atoms with E-state index in [0.717, 1.165) is 11.9 Å². The number of pyridine rings is 1. The lowest BCUT2D eigenvalue weighted by Crippen LogP contribution is -1.87. The van der Waals surface area contributed by atoms with Gasteiger partial charge in [-0.3, -0.25) is 4.98 Å². The summed E-state index contributed by atoms with van der Waals surface area (Å²) in [5, 5.41) is 1.25. The molecule has 0 aliphatic carbocycles. The molecule has 0 saturated heterocycles. The van der Waals surface area contributed by atoms with Crippen molar-refractivity contribution in [2.75, 3.05) is 0 Å². The Kier molecular flexibility index (Phi) is 3.20. The van der Waals surface area contributed by atoms with Gasteiger partial charge in [-0.1, -0.05) is 54.6 Å². The van der Waals surface area contributed by atoms with Gasteiger partial charge in [0.25, 0.3) is 0 Å². The molecular weight excluding hydrogens is 268 g/mol. The van der Waals surface area contributed by atoms with E-state index in [1.165, 1.54) is 27.6 Å². The van der Waals surface area contributed by atoms with Gasteiger partial charge >= 0.3 is 0 Å². The van der Waals surface area contributed by atoms with E-state index < -0.39 is 0 Å². The highest BCUT2D eigenvalue weighted by molar-refractivity contribution is 5.82. The highest BCUT2D eigenvalue weighted by Crippen LogP contribution is 2.23. The van der Waals surface area contributed by atoms with Crippen molar-refractivity contribution >= 4 is 10.9 Å². The molecule has 4 rings (SSSR count). The van der Waals surface area contributed by atoms with Crippen LogP contribution in [0, 0.1) is 0 Å². The van der Waals surface area contributed by atoms with Gasteiger partial charge in [0.1, 0.15) is 0 Å². The van der Waals surface area contributed by atoms with Crippen molar-refractivity contribution < 1.29 is 0 Å². The lowest BCUT2D eigenvalue weighted by molar-refractivity contribution is 1.21. The van der Waals surface area contributed by atoms with E-state index in [2.05, 4.69) is 70.8 Å². The molecule has 0 spiro atoms. The zero-order valence-corrected chi connectivity index (χ0v) is 12.2. The molecule has 0 saturated carbocycles. The summed E-state index contributed by atoms with van der Waals surface area (Å²) in [7, 11) is 0. The quantitative estimate of drug-likeness (QED) is 0.574. The van der Waals surface area contributed by atoms with Crippen LogP contribution in [0.25, 0.3) is 22.0 Å². The summed E-state index contributed by atoms with van der Waals surface area (Å²) in [5.74, 6) is 0. The van der Waals surface area contributed by atoms with Gasteiger partial charge in [-0.15, -0.1) is 0 Å². The Bertz CT molecular complexity index is 890. The third kappa shape index (κ3) is 2.40. The summed E-state index contributed by atoms with van der Waals surface area (Å²) in [6.45, 7) is 0. The Morgan fingerprint density at radius 2 is 1.59 bits per heavy atom. The number of benzene rings is 2. The normalized spacial score (nSPS) is 10.9. The molecule has 2 aromatic carbocycles. The number of aromatic amines is 1. The summed E-state index contributed by atoms with van der Waals surface area (Å²) in [4.78, 5) is 7.43. The molecule has 0 aliphatic heterocycles. The first-order valence-corrected chi connectivity index (χ1v) is 7.44. The van der Waals surface area contributed by atoms with Crippen molar-refractivity contribution in [2.24, 2.45) is 0 Å². The van der Waals surface area contributed by atoms with Crippen molar-refractivity contribution in [1.82, 2.24) is 9.97 Å². The number of hydrogen-bond acceptors (Lipinski definition) is 1. The van der Waals surface area contributed by atoms with Crippen LogP contribution in [0.4, 0.5) is 0 Å².